The Morgan fingerprint density at radius 2 is 1.92 bits per heavy atom. The van der Waals surface area contributed by atoms with E-state index < -0.39 is 5.97 Å². The number of carbonyl (C=O) groups excluding carboxylic acids is 3. The van der Waals surface area contributed by atoms with Crippen LogP contribution in [-0.4, -0.2) is 34.1 Å². The minimum absolute atomic E-state index is 0.136. The average Bonchev–Trinajstić information content (AvgIpc) is 2.60. The fourth-order valence-corrected chi connectivity index (χ4v) is 2.48. The number of benzene rings is 1. The van der Waals surface area contributed by atoms with E-state index in [4.69, 9.17) is 4.74 Å². The van der Waals surface area contributed by atoms with E-state index in [0.717, 1.165) is 5.56 Å². The van der Waals surface area contributed by atoms with Crippen LogP contribution < -0.4 is 0 Å². The molecule has 1 heterocycles. The fourth-order valence-electron chi connectivity index (χ4n) is 2.48. The van der Waals surface area contributed by atoms with Gasteiger partial charge in [0.2, 0.25) is 5.78 Å². The van der Waals surface area contributed by atoms with Crippen LogP contribution in [0.15, 0.2) is 48.4 Å². The highest BCUT2D eigenvalue weighted by Crippen LogP contribution is 2.22. The summed E-state index contributed by atoms with van der Waals surface area (Å²) in [6.45, 7) is 2.05. The second kappa shape index (κ2) is 6.54. The molecule has 0 saturated carbocycles. The molecule has 0 bridgehead atoms. The van der Waals surface area contributed by atoms with Gasteiger partial charge in [0, 0.05) is 18.2 Å². The standard InChI is InChI=1S/C18H14N2O4/c1-2-24-18(23)12-5-3-11(4-6-12)7-13-8-15(21)16-14(17(13)22)9-19-10-20-16/h3-6,8-10H,2,7H2,1H3. The van der Waals surface area contributed by atoms with Gasteiger partial charge in [-0.1, -0.05) is 12.1 Å². The third kappa shape index (κ3) is 2.99. The largest absolute Gasteiger partial charge is 0.462 e. The van der Waals surface area contributed by atoms with E-state index in [0.29, 0.717) is 24.2 Å². The summed E-state index contributed by atoms with van der Waals surface area (Å²) in [6, 6.07) is 6.75. The van der Waals surface area contributed by atoms with Crippen molar-refractivity contribution in [1.29, 1.82) is 0 Å². The van der Waals surface area contributed by atoms with Gasteiger partial charge in [0.15, 0.2) is 5.78 Å². The predicted octanol–water partition coefficient (Wildman–Crippen LogP) is 2.20. The molecule has 24 heavy (non-hydrogen) atoms. The Kier molecular flexibility index (Phi) is 4.29. The van der Waals surface area contributed by atoms with E-state index in [1.807, 2.05) is 0 Å². The van der Waals surface area contributed by atoms with Crippen molar-refractivity contribution >= 4 is 17.5 Å². The number of hydrogen-bond donors (Lipinski definition) is 0. The maximum absolute atomic E-state index is 12.5. The van der Waals surface area contributed by atoms with Gasteiger partial charge in [-0.25, -0.2) is 14.8 Å². The molecule has 6 heteroatoms. The van der Waals surface area contributed by atoms with Crippen LogP contribution in [0.2, 0.25) is 0 Å². The van der Waals surface area contributed by atoms with Crippen LogP contribution in [-0.2, 0) is 11.2 Å². The zero-order chi connectivity index (χ0) is 17.1. The van der Waals surface area contributed by atoms with E-state index in [-0.39, 0.29) is 22.8 Å². The number of fused-ring (bicyclic) bond motifs is 1. The Hall–Kier alpha value is -3.15. The first kappa shape index (κ1) is 15.7. The Morgan fingerprint density at radius 1 is 1.17 bits per heavy atom. The lowest BCUT2D eigenvalue weighted by molar-refractivity contribution is 0.0526. The van der Waals surface area contributed by atoms with Crippen LogP contribution in [0, 0.1) is 0 Å². The maximum Gasteiger partial charge on any atom is 0.338 e. The molecule has 0 atom stereocenters. The molecule has 1 aromatic carbocycles. The molecule has 0 saturated heterocycles. The molecular weight excluding hydrogens is 308 g/mol. The fraction of sp³-hybridized carbons (Fsp3) is 0.167. The Labute approximate surface area is 138 Å². The van der Waals surface area contributed by atoms with E-state index in [9.17, 15) is 14.4 Å². The third-order valence-corrected chi connectivity index (χ3v) is 3.65. The van der Waals surface area contributed by atoms with Crippen LogP contribution in [0.4, 0.5) is 0 Å². The van der Waals surface area contributed by atoms with E-state index in [1.54, 1.807) is 31.2 Å². The lowest BCUT2D eigenvalue weighted by Crippen LogP contribution is -2.20. The van der Waals surface area contributed by atoms with Crippen LogP contribution in [0.25, 0.3) is 0 Å². The van der Waals surface area contributed by atoms with Gasteiger partial charge in [-0.3, -0.25) is 9.59 Å². The van der Waals surface area contributed by atoms with Gasteiger partial charge in [-0.05, 0) is 30.7 Å². The summed E-state index contributed by atoms with van der Waals surface area (Å²) in [4.78, 5) is 43.8. The molecule has 1 aliphatic carbocycles. The molecule has 0 fully saturated rings. The van der Waals surface area contributed by atoms with Crippen LogP contribution in [0.1, 0.15) is 43.7 Å². The number of allylic oxidation sites excluding steroid dienone is 2. The number of rotatable bonds is 4. The van der Waals surface area contributed by atoms with Crippen LogP contribution in [0.3, 0.4) is 0 Å². The third-order valence-electron chi connectivity index (χ3n) is 3.65. The number of carbonyl (C=O) groups is 3. The lowest BCUT2D eigenvalue weighted by Gasteiger charge is -2.13. The molecular formula is C18H14N2O4. The highest BCUT2D eigenvalue weighted by Gasteiger charge is 2.26. The second-order valence-electron chi connectivity index (χ2n) is 5.24. The number of ketones is 2. The molecule has 0 spiro atoms. The quantitative estimate of drug-likeness (QED) is 0.802. The molecule has 120 valence electrons. The SMILES string of the molecule is CCOC(=O)c1ccc(CC2=CC(=O)c3ncncc3C2=O)cc1. The van der Waals surface area contributed by atoms with Crippen molar-refractivity contribution in [2.75, 3.05) is 6.61 Å². The lowest BCUT2D eigenvalue weighted by atomic mass is 9.90. The normalized spacial score (nSPS) is 13.3. The van der Waals surface area contributed by atoms with Gasteiger partial charge < -0.3 is 4.74 Å². The second-order valence-corrected chi connectivity index (χ2v) is 5.24. The van der Waals surface area contributed by atoms with Crippen molar-refractivity contribution in [3.63, 3.8) is 0 Å². The number of nitrogens with zero attached hydrogens (tertiary/aromatic N) is 2. The molecule has 3 rings (SSSR count). The van der Waals surface area contributed by atoms with Crippen molar-refractivity contribution in [3.8, 4) is 0 Å². The van der Waals surface area contributed by atoms with E-state index >= 15 is 0 Å². The zero-order valence-electron chi connectivity index (χ0n) is 13.0. The van der Waals surface area contributed by atoms with Crippen molar-refractivity contribution in [2.24, 2.45) is 0 Å². The molecule has 0 aliphatic heterocycles. The maximum atomic E-state index is 12.5. The molecule has 6 nitrogen and oxygen atoms in total. The van der Waals surface area contributed by atoms with Gasteiger partial charge in [-0.15, -0.1) is 0 Å². The minimum atomic E-state index is -0.390. The van der Waals surface area contributed by atoms with Gasteiger partial charge >= 0.3 is 5.97 Å². The first-order valence-corrected chi connectivity index (χ1v) is 7.45. The van der Waals surface area contributed by atoms with Gasteiger partial charge in [0.25, 0.3) is 0 Å². The number of aromatic nitrogens is 2. The number of ether oxygens (including phenoxy) is 1. The first-order chi connectivity index (χ1) is 11.6. The Balaban J connectivity index is 1.81. The Bertz CT molecular complexity index is 854. The van der Waals surface area contributed by atoms with Gasteiger partial charge in [-0.2, -0.15) is 0 Å². The summed E-state index contributed by atoms with van der Waals surface area (Å²) in [5.74, 6) is -0.942. The molecule has 1 aliphatic rings. The average molecular weight is 322 g/mol. The van der Waals surface area contributed by atoms with Crippen molar-refractivity contribution < 1.29 is 19.1 Å². The van der Waals surface area contributed by atoms with E-state index in [2.05, 4.69) is 9.97 Å². The summed E-state index contributed by atoms with van der Waals surface area (Å²) in [5.41, 5.74) is 2.00. The molecule has 1 aromatic heterocycles. The summed E-state index contributed by atoms with van der Waals surface area (Å²) >= 11 is 0. The van der Waals surface area contributed by atoms with Crippen molar-refractivity contribution in [3.05, 3.63) is 70.8 Å². The Morgan fingerprint density at radius 3 is 2.62 bits per heavy atom. The molecule has 0 amide bonds. The van der Waals surface area contributed by atoms with Crippen molar-refractivity contribution in [2.45, 2.75) is 13.3 Å². The molecule has 0 radical (unpaired) electrons. The monoisotopic (exact) mass is 322 g/mol. The van der Waals surface area contributed by atoms with E-state index in [1.165, 1.54) is 18.6 Å². The minimum Gasteiger partial charge on any atom is -0.462 e. The number of esters is 1. The zero-order valence-corrected chi connectivity index (χ0v) is 13.0. The highest BCUT2D eigenvalue weighted by molar-refractivity contribution is 6.23. The number of Topliss-reactive ketones (excluding diaryl/α,β-unsaturated/α-hetero) is 1. The summed E-state index contributed by atoms with van der Waals surface area (Å²) < 4.78 is 4.92. The first-order valence-electron chi connectivity index (χ1n) is 7.45. The molecule has 0 N–H and O–H groups in total. The summed E-state index contributed by atoms with van der Waals surface area (Å²) in [5, 5.41) is 0. The summed E-state index contributed by atoms with van der Waals surface area (Å²) in [6.07, 6.45) is 4.22. The summed E-state index contributed by atoms with van der Waals surface area (Å²) in [7, 11) is 0. The highest BCUT2D eigenvalue weighted by atomic mass is 16.5. The predicted molar refractivity (Wildman–Crippen MR) is 84.9 cm³/mol. The molecule has 2 aromatic rings. The smallest absolute Gasteiger partial charge is 0.338 e. The van der Waals surface area contributed by atoms with Crippen LogP contribution >= 0.6 is 0 Å². The van der Waals surface area contributed by atoms with Crippen molar-refractivity contribution in [1.82, 2.24) is 9.97 Å². The molecule has 0 unspecified atom stereocenters. The van der Waals surface area contributed by atoms with Gasteiger partial charge in [0.05, 0.1) is 17.7 Å². The number of hydrogen-bond acceptors (Lipinski definition) is 6. The topological polar surface area (TPSA) is 86.2 Å². The van der Waals surface area contributed by atoms with Crippen LogP contribution in [0.5, 0.6) is 0 Å². The van der Waals surface area contributed by atoms with Gasteiger partial charge in [0.1, 0.15) is 12.0 Å².